The minimum atomic E-state index is -1.43. The standard InChI is InChI=1S/C20H24Cl2N4O2/c1-20(2,28)19(27)26-8-6-15-12(10-26)16-11(14(23)5-7-24-3)9-13(21)17(22)18(16)25(15)4/h5,7,9,28H,6,8,10,23H2,1-4H3/b14-5-,24-7?. The molecule has 1 aliphatic rings. The maximum Gasteiger partial charge on any atom is 0.254 e. The van der Waals surface area contributed by atoms with Crippen LogP contribution in [0.1, 0.15) is 30.7 Å². The zero-order valence-corrected chi connectivity index (χ0v) is 17.9. The number of aryl methyl sites for hydroxylation is 1. The third kappa shape index (κ3) is 3.41. The molecule has 0 atom stereocenters. The number of fused-ring (bicyclic) bond motifs is 3. The summed E-state index contributed by atoms with van der Waals surface area (Å²) in [6.45, 7) is 3.89. The van der Waals surface area contributed by atoms with E-state index in [0.29, 0.717) is 35.3 Å². The molecule has 0 fully saturated rings. The molecule has 1 aliphatic heterocycles. The van der Waals surface area contributed by atoms with E-state index in [-0.39, 0.29) is 5.91 Å². The van der Waals surface area contributed by atoms with Crippen LogP contribution in [0.5, 0.6) is 0 Å². The molecule has 6 nitrogen and oxygen atoms in total. The highest BCUT2D eigenvalue weighted by atomic mass is 35.5. The van der Waals surface area contributed by atoms with Gasteiger partial charge >= 0.3 is 0 Å². The Labute approximate surface area is 174 Å². The van der Waals surface area contributed by atoms with Crippen molar-refractivity contribution >= 4 is 51.9 Å². The Balaban J connectivity index is 2.26. The summed E-state index contributed by atoms with van der Waals surface area (Å²) in [6, 6.07) is 1.75. The van der Waals surface area contributed by atoms with Gasteiger partial charge in [0, 0.05) is 67.7 Å². The minimum Gasteiger partial charge on any atom is -0.398 e. The second kappa shape index (κ2) is 7.43. The minimum absolute atomic E-state index is 0.307. The molecule has 3 N–H and O–H groups in total. The molecule has 28 heavy (non-hydrogen) atoms. The Bertz CT molecular complexity index is 1020. The van der Waals surface area contributed by atoms with E-state index >= 15 is 0 Å². The molecule has 0 saturated carbocycles. The molecule has 0 radical (unpaired) electrons. The molecular formula is C20H24Cl2N4O2. The molecule has 0 bridgehead atoms. The van der Waals surface area contributed by atoms with Gasteiger partial charge in [0.1, 0.15) is 5.60 Å². The SMILES string of the molecule is CN=C/C=C(\N)c1cc(Cl)c(Cl)c2c1c1c(n2C)CCN(C(=O)C(C)(C)O)C1. The Kier molecular flexibility index (Phi) is 5.49. The average molecular weight is 423 g/mol. The van der Waals surface area contributed by atoms with Crippen LogP contribution < -0.4 is 5.73 Å². The molecule has 0 unspecified atom stereocenters. The van der Waals surface area contributed by atoms with Crippen molar-refractivity contribution in [2.45, 2.75) is 32.4 Å². The fourth-order valence-electron chi connectivity index (χ4n) is 3.75. The highest BCUT2D eigenvalue weighted by Crippen LogP contribution is 2.41. The molecule has 0 spiro atoms. The number of rotatable bonds is 3. The largest absolute Gasteiger partial charge is 0.398 e. The summed E-state index contributed by atoms with van der Waals surface area (Å²) in [4.78, 5) is 18.2. The molecule has 150 valence electrons. The summed E-state index contributed by atoms with van der Waals surface area (Å²) in [5.41, 5.74) is 8.98. The van der Waals surface area contributed by atoms with Crippen molar-refractivity contribution in [2.24, 2.45) is 17.8 Å². The number of nitrogens with zero attached hydrogens (tertiary/aromatic N) is 3. The lowest BCUT2D eigenvalue weighted by molar-refractivity contribution is -0.148. The van der Waals surface area contributed by atoms with Gasteiger partial charge in [-0.25, -0.2) is 0 Å². The number of benzene rings is 1. The van der Waals surface area contributed by atoms with E-state index in [1.165, 1.54) is 13.8 Å². The molecule has 1 aromatic carbocycles. The Morgan fingerprint density at radius 1 is 1.39 bits per heavy atom. The fourth-order valence-corrected chi connectivity index (χ4v) is 4.22. The van der Waals surface area contributed by atoms with Gasteiger partial charge in [-0.05, 0) is 26.0 Å². The first-order valence-electron chi connectivity index (χ1n) is 8.96. The third-order valence-corrected chi connectivity index (χ3v) is 5.85. The number of hydrogen-bond acceptors (Lipinski definition) is 4. The van der Waals surface area contributed by atoms with E-state index in [1.54, 1.807) is 30.3 Å². The summed E-state index contributed by atoms with van der Waals surface area (Å²) in [5, 5.41) is 11.9. The number of halogens is 2. The van der Waals surface area contributed by atoms with E-state index in [9.17, 15) is 9.90 Å². The fraction of sp³-hybridized carbons (Fsp3) is 0.400. The first-order valence-corrected chi connectivity index (χ1v) is 9.71. The van der Waals surface area contributed by atoms with E-state index in [2.05, 4.69) is 4.99 Å². The van der Waals surface area contributed by atoms with Crippen molar-refractivity contribution in [3.8, 4) is 0 Å². The van der Waals surface area contributed by atoms with Crippen LogP contribution >= 0.6 is 23.2 Å². The Hall–Kier alpha value is -2.02. The number of allylic oxidation sites excluding steroid dienone is 1. The number of aromatic nitrogens is 1. The van der Waals surface area contributed by atoms with Crippen LogP contribution in [0, 0.1) is 0 Å². The number of hydrogen-bond donors (Lipinski definition) is 2. The summed E-state index contributed by atoms with van der Waals surface area (Å²) < 4.78 is 2.02. The summed E-state index contributed by atoms with van der Waals surface area (Å²) >= 11 is 12.9. The van der Waals surface area contributed by atoms with Gasteiger partial charge in [0.2, 0.25) is 0 Å². The van der Waals surface area contributed by atoms with Gasteiger partial charge in [0.25, 0.3) is 5.91 Å². The molecule has 2 aromatic rings. The predicted octanol–water partition coefficient (Wildman–Crippen LogP) is 3.14. The Morgan fingerprint density at radius 3 is 2.68 bits per heavy atom. The van der Waals surface area contributed by atoms with Gasteiger partial charge in [-0.3, -0.25) is 9.79 Å². The number of amides is 1. The second-order valence-corrected chi connectivity index (χ2v) is 8.28. The van der Waals surface area contributed by atoms with Crippen LogP contribution in [-0.4, -0.2) is 45.9 Å². The molecule has 3 rings (SSSR count). The van der Waals surface area contributed by atoms with Gasteiger partial charge in [-0.15, -0.1) is 0 Å². The van der Waals surface area contributed by atoms with Crippen LogP contribution in [0.4, 0.5) is 0 Å². The summed E-state index contributed by atoms with van der Waals surface area (Å²) in [6.07, 6.45) is 3.97. The van der Waals surface area contributed by atoms with Crippen LogP contribution in [0.25, 0.3) is 16.6 Å². The molecular weight excluding hydrogens is 399 g/mol. The number of aliphatic imine (C=N–C) groups is 1. The molecule has 2 heterocycles. The van der Waals surface area contributed by atoms with E-state index < -0.39 is 5.60 Å². The van der Waals surface area contributed by atoms with Gasteiger partial charge in [0.05, 0.1) is 15.6 Å². The third-order valence-electron chi connectivity index (χ3n) is 5.08. The zero-order valence-electron chi connectivity index (χ0n) is 16.4. The smallest absolute Gasteiger partial charge is 0.254 e. The molecule has 1 amide bonds. The molecule has 8 heteroatoms. The quantitative estimate of drug-likeness (QED) is 0.744. The lowest BCUT2D eigenvalue weighted by Crippen LogP contribution is -2.47. The predicted molar refractivity (Wildman–Crippen MR) is 115 cm³/mol. The van der Waals surface area contributed by atoms with Crippen molar-refractivity contribution in [2.75, 3.05) is 13.6 Å². The second-order valence-electron chi connectivity index (χ2n) is 7.49. The van der Waals surface area contributed by atoms with E-state index in [0.717, 1.165) is 27.7 Å². The number of carbonyl (C=O) groups is 1. The van der Waals surface area contributed by atoms with Gasteiger partial charge in [0.15, 0.2) is 0 Å². The topological polar surface area (TPSA) is 83.8 Å². The Morgan fingerprint density at radius 2 is 2.07 bits per heavy atom. The highest BCUT2D eigenvalue weighted by molar-refractivity contribution is 6.45. The molecule has 0 aliphatic carbocycles. The average Bonchev–Trinajstić information content (AvgIpc) is 2.93. The lowest BCUT2D eigenvalue weighted by Gasteiger charge is -2.32. The van der Waals surface area contributed by atoms with E-state index in [1.807, 2.05) is 11.6 Å². The van der Waals surface area contributed by atoms with Crippen molar-refractivity contribution < 1.29 is 9.90 Å². The van der Waals surface area contributed by atoms with Crippen molar-refractivity contribution in [1.29, 1.82) is 0 Å². The normalized spacial score (nSPS) is 15.5. The number of nitrogens with two attached hydrogens (primary N) is 1. The number of aliphatic hydroxyl groups is 1. The van der Waals surface area contributed by atoms with Crippen molar-refractivity contribution in [1.82, 2.24) is 9.47 Å². The maximum absolute atomic E-state index is 12.6. The van der Waals surface area contributed by atoms with Gasteiger partial charge < -0.3 is 20.3 Å². The van der Waals surface area contributed by atoms with Crippen LogP contribution in [0.2, 0.25) is 10.0 Å². The summed E-state index contributed by atoms with van der Waals surface area (Å²) in [7, 11) is 3.60. The molecule has 0 saturated heterocycles. The highest BCUT2D eigenvalue weighted by Gasteiger charge is 2.34. The van der Waals surface area contributed by atoms with Crippen LogP contribution in [-0.2, 0) is 24.8 Å². The van der Waals surface area contributed by atoms with E-state index in [4.69, 9.17) is 28.9 Å². The van der Waals surface area contributed by atoms with Crippen molar-refractivity contribution in [3.63, 3.8) is 0 Å². The van der Waals surface area contributed by atoms with Crippen LogP contribution in [0.3, 0.4) is 0 Å². The van der Waals surface area contributed by atoms with Crippen molar-refractivity contribution in [3.05, 3.63) is 39.0 Å². The van der Waals surface area contributed by atoms with Gasteiger partial charge in [-0.2, -0.15) is 0 Å². The van der Waals surface area contributed by atoms with Gasteiger partial charge in [-0.1, -0.05) is 23.2 Å². The van der Waals surface area contributed by atoms with Crippen LogP contribution in [0.15, 0.2) is 17.1 Å². The maximum atomic E-state index is 12.6. The monoisotopic (exact) mass is 422 g/mol. The first kappa shape index (κ1) is 20.7. The number of carbonyl (C=O) groups excluding carboxylic acids is 1. The lowest BCUT2D eigenvalue weighted by atomic mass is 9.97. The summed E-state index contributed by atoms with van der Waals surface area (Å²) in [5.74, 6) is -0.307. The zero-order chi connectivity index (χ0) is 20.8. The first-order chi connectivity index (χ1) is 13.1. The molecule has 1 aromatic heterocycles.